The number of carbonyl (C=O) groups is 1. The van der Waals surface area contributed by atoms with Gasteiger partial charge in [0.05, 0.1) is 5.69 Å². The second-order valence-electron chi connectivity index (χ2n) is 7.72. The number of pyridine rings is 1. The van der Waals surface area contributed by atoms with Crippen LogP contribution in [0.3, 0.4) is 0 Å². The number of rotatable bonds is 4. The van der Waals surface area contributed by atoms with Gasteiger partial charge in [-0.2, -0.15) is 0 Å². The predicted octanol–water partition coefficient (Wildman–Crippen LogP) is 2.94. The first kappa shape index (κ1) is 20.7. The molecule has 1 fully saturated rings. The molecule has 0 bridgehead atoms. The highest BCUT2D eigenvalue weighted by Gasteiger charge is 2.24. The highest BCUT2D eigenvalue weighted by atomic mass is 16.7. The zero-order chi connectivity index (χ0) is 22.0. The van der Waals surface area contributed by atoms with E-state index in [0.29, 0.717) is 30.9 Å². The van der Waals surface area contributed by atoms with Crippen LogP contribution in [0.2, 0.25) is 0 Å². The Morgan fingerprint density at radius 2 is 1.65 bits per heavy atom. The monoisotopic (exact) mass is 422 g/mol. The van der Waals surface area contributed by atoms with Crippen LogP contribution in [0.5, 0.6) is 11.8 Å². The number of aromatic hydroxyl groups is 2. The molecule has 1 saturated heterocycles. The molecule has 1 amide bonds. The first-order valence-electron chi connectivity index (χ1n) is 10.2. The Balaban J connectivity index is 1.35. The first-order chi connectivity index (χ1) is 14.9. The largest absolute Gasteiger partial charge is 0.492 e. The molecule has 0 saturated carbocycles. The van der Waals surface area contributed by atoms with Crippen LogP contribution in [0.15, 0.2) is 48.5 Å². The Hall–Kier alpha value is -3.52. The number of hydrogen-bond donors (Lipinski definition) is 2. The minimum Gasteiger partial charge on any atom is -0.492 e. The number of hydrogen-bond acceptors (Lipinski definition) is 6. The quantitative estimate of drug-likeness (QED) is 0.672. The molecule has 8 nitrogen and oxygen atoms in total. The van der Waals surface area contributed by atoms with Crippen LogP contribution >= 0.6 is 0 Å². The van der Waals surface area contributed by atoms with E-state index in [1.165, 1.54) is 17.7 Å². The van der Waals surface area contributed by atoms with Crippen molar-refractivity contribution in [3.63, 3.8) is 0 Å². The van der Waals surface area contributed by atoms with Gasteiger partial charge in [-0.3, -0.25) is 9.88 Å². The van der Waals surface area contributed by atoms with Crippen LogP contribution in [-0.4, -0.2) is 62.0 Å². The topological polar surface area (TPSA) is 91.1 Å². The molecule has 8 heteroatoms. The van der Waals surface area contributed by atoms with Gasteiger partial charge < -0.3 is 20.0 Å². The lowest BCUT2D eigenvalue weighted by atomic mass is 10.0. The summed E-state index contributed by atoms with van der Waals surface area (Å²) in [7, 11) is 0. The third-order valence-electron chi connectivity index (χ3n) is 5.61. The average Bonchev–Trinajstić information content (AvgIpc) is 3.08. The van der Waals surface area contributed by atoms with Crippen LogP contribution in [0, 0.1) is 13.8 Å². The zero-order valence-corrected chi connectivity index (χ0v) is 17.7. The summed E-state index contributed by atoms with van der Waals surface area (Å²) < 4.78 is 0.708. The maximum absolute atomic E-state index is 12.3. The third kappa shape index (κ3) is 4.49. The van der Waals surface area contributed by atoms with Gasteiger partial charge >= 0.3 is 6.09 Å². The normalized spacial score (nSPS) is 14.6. The Labute approximate surface area is 180 Å². The Bertz CT molecular complexity index is 1070. The molecule has 3 aromatic rings. The smallest absolute Gasteiger partial charge is 0.434 e. The summed E-state index contributed by atoms with van der Waals surface area (Å²) in [6.07, 6.45) is -0.609. The van der Waals surface area contributed by atoms with Crippen molar-refractivity contribution in [1.29, 1.82) is 0 Å². The van der Waals surface area contributed by atoms with Gasteiger partial charge in [0.2, 0.25) is 11.8 Å². The van der Waals surface area contributed by atoms with E-state index in [1.54, 1.807) is 4.90 Å². The van der Waals surface area contributed by atoms with Crippen molar-refractivity contribution < 1.29 is 19.8 Å². The van der Waals surface area contributed by atoms with Gasteiger partial charge in [-0.15, -0.1) is 4.73 Å². The van der Waals surface area contributed by atoms with Crippen LogP contribution in [-0.2, 0) is 6.54 Å². The molecule has 0 unspecified atom stereocenters. The average molecular weight is 422 g/mol. The van der Waals surface area contributed by atoms with Crippen molar-refractivity contribution >= 4 is 6.09 Å². The molecule has 162 valence electrons. The summed E-state index contributed by atoms with van der Waals surface area (Å²) >= 11 is 0. The Morgan fingerprint density at radius 1 is 0.968 bits per heavy atom. The van der Waals surface area contributed by atoms with Crippen molar-refractivity contribution in [2.45, 2.75) is 20.4 Å². The molecule has 0 atom stereocenters. The summed E-state index contributed by atoms with van der Waals surface area (Å²) in [5.74, 6) is -0.664. The predicted molar refractivity (Wildman–Crippen MR) is 116 cm³/mol. The molecule has 2 aromatic heterocycles. The summed E-state index contributed by atoms with van der Waals surface area (Å²) in [6, 6.07) is 14.9. The number of benzene rings is 1. The van der Waals surface area contributed by atoms with E-state index in [0.717, 1.165) is 29.1 Å². The molecule has 1 aromatic carbocycles. The van der Waals surface area contributed by atoms with Gasteiger partial charge in [0.25, 0.3) is 0 Å². The number of piperazine rings is 1. The third-order valence-corrected chi connectivity index (χ3v) is 5.61. The molecular formula is C23H26N4O4. The number of aryl methyl sites for hydroxylation is 2. The molecule has 31 heavy (non-hydrogen) atoms. The number of nitrogens with zero attached hydrogens (tertiary/aromatic N) is 4. The van der Waals surface area contributed by atoms with Crippen molar-refractivity contribution in [1.82, 2.24) is 19.5 Å². The summed E-state index contributed by atoms with van der Waals surface area (Å²) in [4.78, 5) is 26.0. The van der Waals surface area contributed by atoms with Crippen molar-refractivity contribution in [3.05, 3.63) is 65.4 Å². The Kier molecular flexibility index (Phi) is 5.81. The highest BCUT2D eigenvalue weighted by Crippen LogP contribution is 2.23. The zero-order valence-electron chi connectivity index (χ0n) is 17.7. The van der Waals surface area contributed by atoms with E-state index < -0.39 is 6.09 Å². The van der Waals surface area contributed by atoms with Crippen LogP contribution in [0.25, 0.3) is 11.3 Å². The molecule has 4 rings (SSSR count). The van der Waals surface area contributed by atoms with Gasteiger partial charge in [0.1, 0.15) is 0 Å². The number of aromatic nitrogens is 2. The first-order valence-corrected chi connectivity index (χ1v) is 10.2. The fourth-order valence-corrected chi connectivity index (χ4v) is 3.73. The maximum Gasteiger partial charge on any atom is 0.434 e. The number of carbonyl (C=O) groups excluding carboxylic acids is 1. The van der Waals surface area contributed by atoms with Gasteiger partial charge in [-0.1, -0.05) is 30.3 Å². The summed E-state index contributed by atoms with van der Waals surface area (Å²) in [5.41, 5.74) is 5.48. The molecular weight excluding hydrogens is 396 g/mol. The van der Waals surface area contributed by atoms with E-state index in [2.05, 4.69) is 36.1 Å². The minimum absolute atomic E-state index is 0.332. The van der Waals surface area contributed by atoms with E-state index in [9.17, 15) is 15.0 Å². The minimum atomic E-state index is -0.609. The fourth-order valence-electron chi connectivity index (χ4n) is 3.73. The maximum atomic E-state index is 12.3. The van der Waals surface area contributed by atoms with E-state index in [4.69, 9.17) is 9.82 Å². The van der Waals surface area contributed by atoms with Crippen molar-refractivity contribution in [2.24, 2.45) is 0 Å². The molecule has 1 aliphatic rings. The summed E-state index contributed by atoms with van der Waals surface area (Å²) in [5, 5.41) is 19.2. The van der Waals surface area contributed by atoms with Crippen molar-refractivity contribution in [2.75, 3.05) is 26.2 Å². The van der Waals surface area contributed by atoms with Crippen LogP contribution < -0.4 is 4.84 Å². The van der Waals surface area contributed by atoms with Gasteiger partial charge in [0.15, 0.2) is 0 Å². The lowest BCUT2D eigenvalue weighted by Gasteiger charge is -2.34. The Morgan fingerprint density at radius 3 is 2.29 bits per heavy atom. The molecule has 1 aliphatic heterocycles. The van der Waals surface area contributed by atoms with Gasteiger partial charge in [0, 0.05) is 56.1 Å². The lowest BCUT2D eigenvalue weighted by molar-refractivity contribution is 0.0555. The molecule has 3 heterocycles. The molecule has 0 radical (unpaired) electrons. The van der Waals surface area contributed by atoms with E-state index in [-0.39, 0.29) is 11.8 Å². The lowest BCUT2D eigenvalue weighted by Crippen LogP contribution is -2.50. The van der Waals surface area contributed by atoms with Gasteiger partial charge in [-0.05, 0) is 31.0 Å². The molecule has 0 spiro atoms. The van der Waals surface area contributed by atoms with Crippen LogP contribution in [0.1, 0.15) is 16.8 Å². The second-order valence-corrected chi connectivity index (χ2v) is 7.72. The SMILES string of the molecule is Cc1ccccc1-c1ccc(CN2CCN(C(=O)On3c(O)ccc3O)CC2)c(C)n1. The molecule has 0 aliphatic carbocycles. The molecule has 2 N–H and O–H groups in total. The second kappa shape index (κ2) is 8.69. The fraction of sp³-hybridized carbons (Fsp3) is 0.304. The van der Waals surface area contributed by atoms with Crippen molar-refractivity contribution in [3.8, 4) is 23.0 Å². The van der Waals surface area contributed by atoms with E-state index in [1.807, 2.05) is 19.1 Å². The standard InChI is InChI=1S/C23H26N4O4/c1-16-5-3-4-6-19(16)20-8-7-18(17(2)24-20)15-25-11-13-26(14-12-25)23(30)31-27-21(28)9-10-22(27)29/h3-10,28-29H,11-15H2,1-2H3. The van der Waals surface area contributed by atoms with E-state index >= 15 is 0 Å². The highest BCUT2D eigenvalue weighted by molar-refractivity contribution is 5.68. The number of amides is 1. The summed E-state index contributed by atoms with van der Waals surface area (Å²) in [6.45, 7) is 7.25. The van der Waals surface area contributed by atoms with Crippen LogP contribution in [0.4, 0.5) is 4.79 Å². The van der Waals surface area contributed by atoms with Gasteiger partial charge in [-0.25, -0.2) is 4.79 Å².